The van der Waals surface area contributed by atoms with Gasteiger partial charge in [-0.15, -0.1) is 24.0 Å². The molecule has 4 nitrogen and oxygen atoms in total. The van der Waals surface area contributed by atoms with Crippen LogP contribution in [0.4, 0.5) is 5.69 Å². The number of hydrogen-bond acceptors (Lipinski definition) is 2. The molecule has 21 heavy (non-hydrogen) atoms. The number of halogens is 1. The molecule has 116 valence electrons. The summed E-state index contributed by atoms with van der Waals surface area (Å²) in [5.41, 5.74) is 2.64. The molecule has 1 saturated carbocycles. The Balaban J connectivity index is 0.00000161. The molecule has 1 atom stereocenters. The van der Waals surface area contributed by atoms with Crippen LogP contribution in [0.1, 0.15) is 24.8 Å². The van der Waals surface area contributed by atoms with Gasteiger partial charge < -0.3 is 15.5 Å². The Bertz CT molecular complexity index is 482. The van der Waals surface area contributed by atoms with Crippen LogP contribution >= 0.6 is 24.0 Å². The normalized spacial score (nSPS) is 21.9. The molecule has 1 aliphatic carbocycles. The summed E-state index contributed by atoms with van der Waals surface area (Å²) in [6.07, 6.45) is 3.72. The van der Waals surface area contributed by atoms with Crippen molar-refractivity contribution in [1.82, 2.24) is 10.6 Å². The van der Waals surface area contributed by atoms with Crippen LogP contribution in [0.15, 0.2) is 29.3 Å². The highest BCUT2D eigenvalue weighted by atomic mass is 127. The third kappa shape index (κ3) is 4.49. The molecule has 0 spiro atoms. The third-order valence-corrected chi connectivity index (χ3v) is 4.07. The zero-order valence-electron chi connectivity index (χ0n) is 12.8. The number of aryl methyl sites for hydroxylation is 1. The predicted molar refractivity (Wildman–Crippen MR) is 99.9 cm³/mol. The van der Waals surface area contributed by atoms with Crippen LogP contribution in [0.5, 0.6) is 0 Å². The second kappa shape index (κ2) is 7.33. The van der Waals surface area contributed by atoms with E-state index in [0.29, 0.717) is 12.1 Å². The van der Waals surface area contributed by atoms with E-state index in [1.54, 1.807) is 0 Å². The van der Waals surface area contributed by atoms with Crippen molar-refractivity contribution in [3.63, 3.8) is 0 Å². The minimum atomic E-state index is 0. The summed E-state index contributed by atoms with van der Waals surface area (Å²) in [5.74, 6) is 0.961. The van der Waals surface area contributed by atoms with E-state index in [4.69, 9.17) is 0 Å². The lowest BCUT2D eigenvalue weighted by molar-refractivity contribution is 0.648. The Labute approximate surface area is 144 Å². The summed E-state index contributed by atoms with van der Waals surface area (Å²) in [6, 6.07) is 9.94. The summed E-state index contributed by atoms with van der Waals surface area (Å²) in [5, 5.41) is 7.00. The fourth-order valence-corrected chi connectivity index (χ4v) is 2.65. The number of benzene rings is 1. The molecule has 1 unspecified atom stereocenters. The number of rotatable bonds is 3. The van der Waals surface area contributed by atoms with Crippen LogP contribution in [-0.4, -0.2) is 38.2 Å². The van der Waals surface area contributed by atoms with Crippen LogP contribution < -0.4 is 15.5 Å². The molecular formula is C16H25IN4. The minimum absolute atomic E-state index is 0. The topological polar surface area (TPSA) is 39.7 Å². The van der Waals surface area contributed by atoms with E-state index in [0.717, 1.165) is 19.0 Å². The van der Waals surface area contributed by atoms with Crippen LogP contribution in [0.3, 0.4) is 0 Å². The Morgan fingerprint density at radius 2 is 1.76 bits per heavy atom. The van der Waals surface area contributed by atoms with E-state index in [1.807, 2.05) is 7.05 Å². The van der Waals surface area contributed by atoms with Gasteiger partial charge in [0.1, 0.15) is 0 Å². The first kappa shape index (κ1) is 16.4. The number of hydrogen-bond donors (Lipinski definition) is 2. The minimum Gasteiger partial charge on any atom is -0.369 e. The molecule has 1 aromatic carbocycles. The van der Waals surface area contributed by atoms with Gasteiger partial charge in [0, 0.05) is 37.9 Å². The Morgan fingerprint density at radius 1 is 1.10 bits per heavy atom. The molecule has 1 heterocycles. The van der Waals surface area contributed by atoms with E-state index < -0.39 is 0 Å². The molecule has 2 fully saturated rings. The van der Waals surface area contributed by atoms with Gasteiger partial charge in [0.25, 0.3) is 0 Å². The van der Waals surface area contributed by atoms with E-state index in [2.05, 4.69) is 51.7 Å². The first-order valence-corrected chi connectivity index (χ1v) is 7.56. The third-order valence-electron chi connectivity index (χ3n) is 4.07. The quantitative estimate of drug-likeness (QED) is 0.466. The first-order chi connectivity index (χ1) is 9.74. The lowest BCUT2D eigenvalue weighted by atomic mass is 10.2. The van der Waals surface area contributed by atoms with E-state index in [1.165, 1.54) is 30.5 Å². The zero-order valence-corrected chi connectivity index (χ0v) is 15.1. The number of nitrogens with zero attached hydrogens (tertiary/aromatic N) is 2. The zero-order chi connectivity index (χ0) is 13.9. The Morgan fingerprint density at radius 3 is 2.38 bits per heavy atom. The second-order valence-electron chi connectivity index (χ2n) is 5.90. The standard InChI is InChI=1S/C16H24N4.HI/c1-12-3-7-15(8-4-12)20-10-9-14(11-20)19-16(17-2)18-13-5-6-13;/h3-4,7-8,13-14H,5-6,9-11H2,1-2H3,(H2,17,18,19);1H. The lowest BCUT2D eigenvalue weighted by Gasteiger charge is -2.20. The SMILES string of the molecule is CN=C(NC1CC1)NC1CCN(c2ccc(C)cc2)C1.I. The maximum absolute atomic E-state index is 4.32. The smallest absolute Gasteiger partial charge is 0.191 e. The molecule has 1 saturated heterocycles. The summed E-state index contributed by atoms with van der Waals surface area (Å²) in [4.78, 5) is 6.76. The summed E-state index contributed by atoms with van der Waals surface area (Å²) < 4.78 is 0. The maximum atomic E-state index is 4.32. The van der Waals surface area contributed by atoms with Crippen LogP contribution in [0, 0.1) is 6.92 Å². The van der Waals surface area contributed by atoms with Crippen LogP contribution in [0.25, 0.3) is 0 Å². The highest BCUT2D eigenvalue weighted by Crippen LogP contribution is 2.21. The van der Waals surface area contributed by atoms with Gasteiger partial charge in [0.05, 0.1) is 0 Å². The maximum Gasteiger partial charge on any atom is 0.191 e. The van der Waals surface area contributed by atoms with Gasteiger partial charge in [-0.2, -0.15) is 0 Å². The van der Waals surface area contributed by atoms with Crippen molar-refractivity contribution in [2.24, 2.45) is 4.99 Å². The van der Waals surface area contributed by atoms with E-state index >= 15 is 0 Å². The van der Waals surface area contributed by atoms with Crippen molar-refractivity contribution in [2.45, 2.75) is 38.3 Å². The van der Waals surface area contributed by atoms with Crippen molar-refractivity contribution in [3.05, 3.63) is 29.8 Å². The second-order valence-corrected chi connectivity index (χ2v) is 5.90. The molecule has 3 rings (SSSR count). The Hall–Kier alpha value is -0.980. The van der Waals surface area contributed by atoms with Crippen molar-refractivity contribution < 1.29 is 0 Å². The van der Waals surface area contributed by atoms with Crippen LogP contribution in [0.2, 0.25) is 0 Å². The highest BCUT2D eigenvalue weighted by Gasteiger charge is 2.26. The molecule has 0 aromatic heterocycles. The van der Waals surface area contributed by atoms with Gasteiger partial charge in [-0.3, -0.25) is 4.99 Å². The summed E-state index contributed by atoms with van der Waals surface area (Å²) in [6.45, 7) is 4.29. The summed E-state index contributed by atoms with van der Waals surface area (Å²) in [7, 11) is 1.85. The number of anilines is 1. The van der Waals surface area contributed by atoms with Gasteiger partial charge in [-0.25, -0.2) is 0 Å². The molecule has 1 aromatic rings. The average molecular weight is 400 g/mol. The van der Waals surface area contributed by atoms with Crippen molar-refractivity contribution in [2.75, 3.05) is 25.0 Å². The van der Waals surface area contributed by atoms with Gasteiger partial charge in [-0.05, 0) is 38.3 Å². The first-order valence-electron chi connectivity index (χ1n) is 7.56. The van der Waals surface area contributed by atoms with Gasteiger partial charge in [-0.1, -0.05) is 17.7 Å². The molecule has 0 bridgehead atoms. The van der Waals surface area contributed by atoms with Gasteiger partial charge in [0.15, 0.2) is 5.96 Å². The Kier molecular flexibility index (Phi) is 5.72. The number of nitrogens with one attached hydrogen (secondary N) is 2. The fourth-order valence-electron chi connectivity index (χ4n) is 2.65. The molecule has 2 aliphatic rings. The lowest BCUT2D eigenvalue weighted by Crippen LogP contribution is -2.45. The predicted octanol–water partition coefficient (Wildman–Crippen LogP) is 2.52. The molecular weight excluding hydrogens is 375 g/mol. The molecule has 1 aliphatic heterocycles. The van der Waals surface area contributed by atoms with Crippen LogP contribution in [-0.2, 0) is 0 Å². The number of guanidine groups is 1. The van der Waals surface area contributed by atoms with Crippen molar-refractivity contribution in [3.8, 4) is 0 Å². The fraction of sp³-hybridized carbons (Fsp3) is 0.562. The van der Waals surface area contributed by atoms with Crippen molar-refractivity contribution in [1.29, 1.82) is 0 Å². The van der Waals surface area contributed by atoms with Gasteiger partial charge >= 0.3 is 0 Å². The molecule has 0 radical (unpaired) electrons. The van der Waals surface area contributed by atoms with E-state index in [9.17, 15) is 0 Å². The molecule has 5 heteroatoms. The molecule has 2 N–H and O–H groups in total. The monoisotopic (exact) mass is 400 g/mol. The van der Waals surface area contributed by atoms with Gasteiger partial charge in [0.2, 0.25) is 0 Å². The average Bonchev–Trinajstić information content (AvgIpc) is 3.15. The molecule has 0 amide bonds. The highest BCUT2D eigenvalue weighted by molar-refractivity contribution is 14.0. The van der Waals surface area contributed by atoms with Crippen molar-refractivity contribution >= 4 is 35.6 Å². The number of aliphatic imine (C=N–C) groups is 1. The summed E-state index contributed by atoms with van der Waals surface area (Å²) >= 11 is 0. The van der Waals surface area contributed by atoms with E-state index in [-0.39, 0.29) is 24.0 Å². The largest absolute Gasteiger partial charge is 0.369 e.